The first kappa shape index (κ1) is 13.0. The van der Waals surface area contributed by atoms with Crippen molar-refractivity contribution in [3.8, 4) is 0 Å². The summed E-state index contributed by atoms with van der Waals surface area (Å²) in [6, 6.07) is 4.37. The third-order valence-electron chi connectivity index (χ3n) is 2.94. The minimum atomic E-state index is -0.345. The first-order valence-corrected chi connectivity index (χ1v) is 6.01. The number of benzene rings is 1. The van der Waals surface area contributed by atoms with Gasteiger partial charge in [0, 0.05) is 18.8 Å². The molecule has 0 atom stereocenters. The highest BCUT2D eigenvalue weighted by Crippen LogP contribution is 2.15. The van der Waals surface area contributed by atoms with Gasteiger partial charge in [-0.2, -0.15) is 0 Å². The van der Waals surface area contributed by atoms with E-state index in [4.69, 9.17) is 4.74 Å². The zero-order chi connectivity index (χ0) is 13.0. The van der Waals surface area contributed by atoms with E-state index in [0.717, 1.165) is 18.7 Å². The predicted molar refractivity (Wildman–Crippen MR) is 67.0 cm³/mol. The van der Waals surface area contributed by atoms with Gasteiger partial charge in [0.25, 0.3) is 0 Å². The molecule has 1 N–H and O–H groups in total. The second kappa shape index (κ2) is 5.93. The fourth-order valence-corrected chi connectivity index (χ4v) is 1.88. The van der Waals surface area contributed by atoms with Crippen LogP contribution >= 0.6 is 0 Å². The van der Waals surface area contributed by atoms with Gasteiger partial charge in [-0.05, 0) is 24.6 Å². The fourth-order valence-electron chi connectivity index (χ4n) is 1.88. The van der Waals surface area contributed by atoms with Crippen molar-refractivity contribution < 1.29 is 13.9 Å². The molecule has 1 heterocycles. The Morgan fingerprint density at radius 3 is 2.89 bits per heavy atom. The minimum absolute atomic E-state index is 0.120. The van der Waals surface area contributed by atoms with Crippen molar-refractivity contribution >= 4 is 11.6 Å². The number of nitrogens with one attached hydrogen (secondary N) is 1. The van der Waals surface area contributed by atoms with Crippen LogP contribution in [0.4, 0.5) is 10.1 Å². The lowest BCUT2D eigenvalue weighted by Crippen LogP contribution is -2.41. The van der Waals surface area contributed by atoms with Gasteiger partial charge in [0.1, 0.15) is 5.82 Å². The summed E-state index contributed by atoms with van der Waals surface area (Å²) in [5, 5.41) is 2.74. The quantitative estimate of drug-likeness (QED) is 0.884. The second-order valence-corrected chi connectivity index (χ2v) is 4.40. The van der Waals surface area contributed by atoms with Crippen LogP contribution in [0.1, 0.15) is 5.56 Å². The molecule has 98 valence electrons. The predicted octanol–water partition coefficient (Wildman–Crippen LogP) is 1.40. The van der Waals surface area contributed by atoms with Gasteiger partial charge >= 0.3 is 0 Å². The fraction of sp³-hybridized carbons (Fsp3) is 0.462. The number of hydrogen-bond donors (Lipinski definition) is 1. The maximum Gasteiger partial charge on any atom is 0.238 e. The molecule has 0 radical (unpaired) electrons. The Morgan fingerprint density at radius 1 is 1.44 bits per heavy atom. The number of halogens is 1. The van der Waals surface area contributed by atoms with Crippen molar-refractivity contribution in [2.24, 2.45) is 0 Å². The van der Waals surface area contributed by atoms with E-state index in [1.54, 1.807) is 6.07 Å². The molecule has 1 saturated heterocycles. The number of ether oxygens (including phenoxy) is 1. The van der Waals surface area contributed by atoms with Crippen LogP contribution in [0.2, 0.25) is 0 Å². The minimum Gasteiger partial charge on any atom is -0.379 e. The maximum absolute atomic E-state index is 13.1. The van der Waals surface area contributed by atoms with Crippen LogP contribution in [-0.4, -0.2) is 43.7 Å². The van der Waals surface area contributed by atoms with Gasteiger partial charge < -0.3 is 10.1 Å². The normalized spacial score (nSPS) is 16.6. The van der Waals surface area contributed by atoms with Crippen molar-refractivity contribution in [2.45, 2.75) is 6.92 Å². The number of carbonyl (C=O) groups excluding carboxylic acids is 1. The molecule has 0 aliphatic carbocycles. The van der Waals surface area contributed by atoms with Gasteiger partial charge in [-0.25, -0.2) is 4.39 Å². The van der Waals surface area contributed by atoms with Crippen molar-refractivity contribution in [3.05, 3.63) is 29.6 Å². The average Bonchev–Trinajstić information content (AvgIpc) is 2.35. The van der Waals surface area contributed by atoms with Gasteiger partial charge in [0.15, 0.2) is 0 Å². The summed E-state index contributed by atoms with van der Waals surface area (Å²) in [4.78, 5) is 13.8. The molecule has 0 spiro atoms. The molecule has 1 fully saturated rings. The molecule has 5 heteroatoms. The van der Waals surface area contributed by atoms with Crippen LogP contribution < -0.4 is 5.32 Å². The summed E-state index contributed by atoms with van der Waals surface area (Å²) >= 11 is 0. The molecule has 2 rings (SSSR count). The Balaban J connectivity index is 1.92. The summed E-state index contributed by atoms with van der Waals surface area (Å²) in [7, 11) is 0. The van der Waals surface area contributed by atoms with E-state index in [1.807, 2.05) is 11.8 Å². The number of amides is 1. The summed E-state index contributed by atoms with van der Waals surface area (Å²) in [6.07, 6.45) is 0. The lowest BCUT2D eigenvalue weighted by molar-refractivity contribution is -0.118. The van der Waals surface area contributed by atoms with Crippen LogP contribution in [-0.2, 0) is 9.53 Å². The zero-order valence-electron chi connectivity index (χ0n) is 10.4. The number of anilines is 1. The van der Waals surface area contributed by atoms with E-state index in [9.17, 15) is 9.18 Å². The number of hydrogen-bond acceptors (Lipinski definition) is 3. The van der Waals surface area contributed by atoms with Crippen molar-refractivity contribution in [1.82, 2.24) is 4.90 Å². The maximum atomic E-state index is 13.1. The van der Waals surface area contributed by atoms with Crippen molar-refractivity contribution in [1.29, 1.82) is 0 Å². The van der Waals surface area contributed by atoms with Gasteiger partial charge in [0.05, 0.1) is 19.8 Å². The molecule has 0 bridgehead atoms. The molecule has 18 heavy (non-hydrogen) atoms. The lowest BCUT2D eigenvalue weighted by Gasteiger charge is -2.25. The van der Waals surface area contributed by atoms with Gasteiger partial charge in [-0.3, -0.25) is 9.69 Å². The monoisotopic (exact) mass is 252 g/mol. The van der Waals surface area contributed by atoms with Gasteiger partial charge in [-0.15, -0.1) is 0 Å². The Hall–Kier alpha value is -1.46. The average molecular weight is 252 g/mol. The molecule has 1 aromatic rings. The van der Waals surface area contributed by atoms with Gasteiger partial charge in [0.2, 0.25) is 5.91 Å². The molecule has 1 amide bonds. The topological polar surface area (TPSA) is 41.6 Å². The Morgan fingerprint density at radius 2 is 2.17 bits per heavy atom. The Labute approximate surface area is 106 Å². The molecule has 1 aliphatic heterocycles. The molecule has 4 nitrogen and oxygen atoms in total. The molecule has 1 aromatic carbocycles. The Bertz CT molecular complexity index is 431. The SMILES string of the molecule is Cc1ccc(F)cc1NC(=O)CN1CCOCC1. The van der Waals surface area contributed by atoms with E-state index in [-0.39, 0.29) is 11.7 Å². The summed E-state index contributed by atoms with van der Waals surface area (Å²) in [6.45, 7) is 4.99. The van der Waals surface area contributed by atoms with E-state index >= 15 is 0 Å². The van der Waals surface area contributed by atoms with E-state index in [0.29, 0.717) is 25.4 Å². The highest BCUT2D eigenvalue weighted by Gasteiger charge is 2.14. The highest BCUT2D eigenvalue weighted by molar-refractivity contribution is 5.92. The molecule has 0 saturated carbocycles. The number of aryl methyl sites for hydroxylation is 1. The summed E-state index contributed by atoms with van der Waals surface area (Å²) in [5.74, 6) is -0.465. The first-order valence-electron chi connectivity index (χ1n) is 6.01. The number of morpholine rings is 1. The van der Waals surface area contributed by atoms with E-state index in [2.05, 4.69) is 5.32 Å². The molecule has 0 aromatic heterocycles. The van der Waals surface area contributed by atoms with Crippen LogP contribution in [0.5, 0.6) is 0 Å². The molecular weight excluding hydrogens is 235 g/mol. The molecule has 1 aliphatic rings. The van der Waals surface area contributed by atoms with Crippen LogP contribution in [0.3, 0.4) is 0 Å². The van der Waals surface area contributed by atoms with E-state index < -0.39 is 0 Å². The third kappa shape index (κ3) is 3.51. The second-order valence-electron chi connectivity index (χ2n) is 4.40. The summed E-state index contributed by atoms with van der Waals surface area (Å²) < 4.78 is 18.3. The highest BCUT2D eigenvalue weighted by atomic mass is 19.1. The summed E-state index contributed by atoms with van der Waals surface area (Å²) in [5.41, 5.74) is 1.39. The third-order valence-corrected chi connectivity index (χ3v) is 2.94. The van der Waals surface area contributed by atoms with Crippen molar-refractivity contribution in [2.75, 3.05) is 38.2 Å². The first-order chi connectivity index (χ1) is 8.65. The van der Waals surface area contributed by atoms with Crippen LogP contribution in [0, 0.1) is 12.7 Å². The largest absolute Gasteiger partial charge is 0.379 e. The smallest absolute Gasteiger partial charge is 0.238 e. The van der Waals surface area contributed by atoms with Crippen LogP contribution in [0.25, 0.3) is 0 Å². The standard InChI is InChI=1S/C13H17FN2O2/c1-10-2-3-11(14)8-12(10)15-13(17)9-16-4-6-18-7-5-16/h2-3,8H,4-7,9H2,1H3,(H,15,17). The number of nitrogens with zero attached hydrogens (tertiary/aromatic N) is 1. The number of rotatable bonds is 3. The lowest BCUT2D eigenvalue weighted by atomic mass is 10.2. The van der Waals surface area contributed by atoms with Crippen molar-refractivity contribution in [3.63, 3.8) is 0 Å². The van der Waals surface area contributed by atoms with Gasteiger partial charge in [-0.1, -0.05) is 6.07 Å². The van der Waals surface area contributed by atoms with E-state index in [1.165, 1.54) is 12.1 Å². The molecule has 0 unspecified atom stereocenters. The Kier molecular flexibility index (Phi) is 4.28. The van der Waals surface area contributed by atoms with Crippen LogP contribution in [0.15, 0.2) is 18.2 Å². The number of carbonyl (C=O) groups is 1. The zero-order valence-corrected chi connectivity index (χ0v) is 10.4. The molecular formula is C13H17FN2O2.